The van der Waals surface area contributed by atoms with Gasteiger partial charge in [0.2, 0.25) is 5.91 Å². The van der Waals surface area contributed by atoms with Crippen molar-refractivity contribution in [3.05, 3.63) is 24.3 Å². The van der Waals surface area contributed by atoms with Gasteiger partial charge >= 0.3 is 0 Å². The second-order valence-electron chi connectivity index (χ2n) is 7.33. The molecule has 1 spiro atoms. The zero-order valence-electron chi connectivity index (χ0n) is 15.9. The monoisotopic (exact) mass is 396 g/mol. The first-order valence-corrected chi connectivity index (χ1v) is 11.0. The van der Waals surface area contributed by atoms with Gasteiger partial charge in [-0.2, -0.15) is 0 Å². The molecule has 7 nitrogen and oxygen atoms in total. The topological polar surface area (TPSA) is 84.9 Å². The Morgan fingerprint density at radius 3 is 2.67 bits per heavy atom. The number of morpholine rings is 1. The minimum atomic E-state index is -3.34. The standard InChI is InChI=1S/C19H28N2O5S/c1-15-19(8-11-25-15)14-21(10-12-26-19)9-3-13-27(23,24)18-6-4-17(5-7-18)20-16(2)22/h4-7,15H,3,8-14H2,1-2H3,(H,20,22)/t15-,19-/m1/s1. The van der Waals surface area contributed by atoms with Crippen LogP contribution in [0.3, 0.4) is 0 Å². The van der Waals surface area contributed by atoms with E-state index in [1.807, 2.05) is 6.92 Å². The lowest BCUT2D eigenvalue weighted by Gasteiger charge is -2.42. The number of benzene rings is 1. The second-order valence-corrected chi connectivity index (χ2v) is 9.44. The fraction of sp³-hybridized carbons (Fsp3) is 0.632. The van der Waals surface area contributed by atoms with Crippen LogP contribution in [0.25, 0.3) is 0 Å². The van der Waals surface area contributed by atoms with Crippen LogP contribution < -0.4 is 5.32 Å². The molecule has 150 valence electrons. The van der Waals surface area contributed by atoms with Gasteiger partial charge in [-0.15, -0.1) is 0 Å². The van der Waals surface area contributed by atoms with E-state index >= 15 is 0 Å². The second kappa shape index (κ2) is 8.26. The molecule has 8 heteroatoms. The molecule has 2 heterocycles. The van der Waals surface area contributed by atoms with Crippen molar-refractivity contribution in [1.29, 1.82) is 0 Å². The third-order valence-corrected chi connectivity index (χ3v) is 7.16. The van der Waals surface area contributed by atoms with Crippen LogP contribution in [-0.2, 0) is 24.1 Å². The van der Waals surface area contributed by atoms with E-state index in [1.165, 1.54) is 6.92 Å². The Balaban J connectivity index is 1.52. The van der Waals surface area contributed by atoms with Crippen molar-refractivity contribution in [2.75, 3.05) is 43.9 Å². The molecule has 0 saturated carbocycles. The summed E-state index contributed by atoms with van der Waals surface area (Å²) in [6, 6.07) is 6.31. The molecule has 27 heavy (non-hydrogen) atoms. The van der Waals surface area contributed by atoms with Gasteiger partial charge in [0.1, 0.15) is 5.60 Å². The van der Waals surface area contributed by atoms with Crippen LogP contribution in [-0.4, -0.2) is 69.5 Å². The molecule has 2 aliphatic rings. The van der Waals surface area contributed by atoms with Crippen LogP contribution in [0.15, 0.2) is 29.2 Å². The molecule has 2 aliphatic heterocycles. The predicted molar refractivity (Wildman–Crippen MR) is 103 cm³/mol. The van der Waals surface area contributed by atoms with E-state index in [9.17, 15) is 13.2 Å². The van der Waals surface area contributed by atoms with Crippen LogP contribution in [0.2, 0.25) is 0 Å². The molecule has 2 saturated heterocycles. The maximum absolute atomic E-state index is 12.6. The van der Waals surface area contributed by atoms with Crippen LogP contribution >= 0.6 is 0 Å². The Labute approximate surface area is 160 Å². The Kier molecular flexibility index (Phi) is 6.20. The van der Waals surface area contributed by atoms with Gasteiger partial charge in [-0.05, 0) is 44.2 Å². The summed E-state index contributed by atoms with van der Waals surface area (Å²) in [6.07, 6.45) is 1.54. The van der Waals surface area contributed by atoms with E-state index in [0.29, 0.717) is 18.7 Å². The number of rotatable bonds is 6. The van der Waals surface area contributed by atoms with E-state index in [-0.39, 0.29) is 28.3 Å². The van der Waals surface area contributed by atoms with Gasteiger partial charge in [0.25, 0.3) is 0 Å². The number of anilines is 1. The molecule has 3 rings (SSSR count). The highest BCUT2D eigenvalue weighted by atomic mass is 32.2. The smallest absolute Gasteiger partial charge is 0.221 e. The van der Waals surface area contributed by atoms with Gasteiger partial charge in [-0.25, -0.2) is 8.42 Å². The summed E-state index contributed by atoms with van der Waals surface area (Å²) >= 11 is 0. The summed E-state index contributed by atoms with van der Waals surface area (Å²) < 4.78 is 36.8. The van der Waals surface area contributed by atoms with Crippen molar-refractivity contribution in [3.63, 3.8) is 0 Å². The largest absolute Gasteiger partial charge is 0.375 e. The number of hydrogen-bond donors (Lipinski definition) is 1. The molecular formula is C19H28N2O5S. The number of carbonyl (C=O) groups excluding carboxylic acids is 1. The molecule has 0 aromatic heterocycles. The third-order valence-electron chi connectivity index (χ3n) is 5.34. The van der Waals surface area contributed by atoms with Crippen LogP contribution in [0.5, 0.6) is 0 Å². The van der Waals surface area contributed by atoms with Crippen LogP contribution in [0, 0.1) is 0 Å². The number of sulfone groups is 1. The molecule has 0 unspecified atom stereocenters. The fourth-order valence-corrected chi connectivity index (χ4v) is 5.07. The Bertz CT molecular complexity index is 765. The third kappa shape index (κ3) is 4.87. The van der Waals surface area contributed by atoms with Gasteiger partial charge in [-0.3, -0.25) is 9.69 Å². The van der Waals surface area contributed by atoms with Gasteiger partial charge in [0.15, 0.2) is 9.84 Å². The molecule has 2 fully saturated rings. The van der Waals surface area contributed by atoms with Gasteiger partial charge in [-0.1, -0.05) is 0 Å². The quantitative estimate of drug-likeness (QED) is 0.788. The minimum absolute atomic E-state index is 0.0751. The molecule has 1 N–H and O–H groups in total. The zero-order valence-corrected chi connectivity index (χ0v) is 16.8. The number of hydrogen-bond acceptors (Lipinski definition) is 6. The van der Waals surface area contributed by atoms with E-state index in [0.717, 1.165) is 32.7 Å². The highest BCUT2D eigenvalue weighted by molar-refractivity contribution is 7.91. The number of amides is 1. The van der Waals surface area contributed by atoms with Crippen LogP contribution in [0.1, 0.15) is 26.7 Å². The lowest BCUT2D eigenvalue weighted by Crippen LogP contribution is -2.55. The first kappa shape index (κ1) is 20.3. The van der Waals surface area contributed by atoms with E-state index < -0.39 is 9.84 Å². The molecule has 1 aromatic carbocycles. The molecule has 1 amide bonds. The maximum Gasteiger partial charge on any atom is 0.221 e. The number of carbonyl (C=O) groups is 1. The molecule has 0 bridgehead atoms. The lowest BCUT2D eigenvalue weighted by molar-refractivity contribution is -0.135. The Morgan fingerprint density at radius 2 is 2.04 bits per heavy atom. The maximum atomic E-state index is 12.6. The number of ether oxygens (including phenoxy) is 2. The summed E-state index contributed by atoms with van der Waals surface area (Å²) in [4.78, 5) is 13.6. The molecule has 0 aliphatic carbocycles. The molecule has 2 atom stereocenters. The van der Waals surface area contributed by atoms with Gasteiger partial charge in [0, 0.05) is 38.7 Å². The van der Waals surface area contributed by atoms with Gasteiger partial charge in [0.05, 0.1) is 23.4 Å². The average molecular weight is 397 g/mol. The van der Waals surface area contributed by atoms with Crippen molar-refractivity contribution in [2.45, 2.75) is 43.3 Å². The van der Waals surface area contributed by atoms with Gasteiger partial charge < -0.3 is 14.8 Å². The summed E-state index contributed by atoms with van der Waals surface area (Å²) in [5, 5.41) is 2.63. The lowest BCUT2D eigenvalue weighted by atomic mass is 9.94. The predicted octanol–water partition coefficient (Wildman–Crippen LogP) is 1.69. The normalized spacial score (nSPS) is 26.4. The summed E-state index contributed by atoms with van der Waals surface area (Å²) in [5.41, 5.74) is 0.351. The summed E-state index contributed by atoms with van der Waals surface area (Å²) in [7, 11) is -3.34. The van der Waals surface area contributed by atoms with E-state index in [2.05, 4.69) is 10.2 Å². The Hall–Kier alpha value is -1.48. The van der Waals surface area contributed by atoms with Crippen molar-refractivity contribution in [3.8, 4) is 0 Å². The first-order chi connectivity index (χ1) is 12.8. The first-order valence-electron chi connectivity index (χ1n) is 9.39. The van der Waals surface area contributed by atoms with Crippen molar-refractivity contribution < 1.29 is 22.7 Å². The summed E-state index contributed by atoms with van der Waals surface area (Å²) in [5.74, 6) is -0.0843. The van der Waals surface area contributed by atoms with E-state index in [4.69, 9.17) is 9.47 Å². The zero-order chi connectivity index (χ0) is 19.5. The van der Waals surface area contributed by atoms with E-state index in [1.54, 1.807) is 24.3 Å². The molecule has 1 aromatic rings. The molecule has 0 radical (unpaired) electrons. The SMILES string of the molecule is CC(=O)Nc1ccc(S(=O)(=O)CCCN2CCO[C@]3(CCO[C@@H]3C)C2)cc1. The summed E-state index contributed by atoms with van der Waals surface area (Å²) in [6.45, 7) is 7.17. The van der Waals surface area contributed by atoms with Crippen LogP contribution in [0.4, 0.5) is 5.69 Å². The fourth-order valence-electron chi connectivity index (χ4n) is 3.78. The minimum Gasteiger partial charge on any atom is -0.375 e. The number of nitrogens with one attached hydrogen (secondary N) is 1. The van der Waals surface area contributed by atoms with Crippen molar-refractivity contribution in [1.82, 2.24) is 4.90 Å². The van der Waals surface area contributed by atoms with Crippen molar-refractivity contribution in [2.24, 2.45) is 0 Å². The van der Waals surface area contributed by atoms with Crippen molar-refractivity contribution >= 4 is 21.4 Å². The molecular weight excluding hydrogens is 368 g/mol. The highest BCUT2D eigenvalue weighted by Gasteiger charge is 2.45. The highest BCUT2D eigenvalue weighted by Crippen LogP contribution is 2.33. The Morgan fingerprint density at radius 1 is 1.30 bits per heavy atom. The average Bonchev–Trinajstić information content (AvgIpc) is 2.94. The number of nitrogens with zero attached hydrogens (tertiary/aromatic N) is 1.